The molecule has 44 heavy (non-hydrogen) atoms. The summed E-state index contributed by atoms with van der Waals surface area (Å²) >= 11 is 0. The maximum atomic E-state index is 11.8. The molecule has 0 bridgehead atoms. The zero-order valence-electron chi connectivity index (χ0n) is 28.1. The van der Waals surface area contributed by atoms with E-state index in [0.29, 0.717) is 119 Å². The number of ether oxygens (including phenoxy) is 10. The van der Waals surface area contributed by atoms with E-state index in [9.17, 15) is 4.39 Å². The molecule has 11 heteroatoms. The van der Waals surface area contributed by atoms with Crippen LogP contribution in [-0.4, -0.2) is 139 Å². The molecule has 0 saturated carbocycles. The van der Waals surface area contributed by atoms with Gasteiger partial charge in [-0.15, -0.1) is 0 Å². The minimum Gasteiger partial charge on any atom is -0.379 e. The zero-order valence-corrected chi connectivity index (χ0v) is 28.1. The molecule has 0 unspecified atom stereocenters. The molecule has 0 radical (unpaired) electrons. The number of hydrogen-bond donors (Lipinski definition) is 0. The first kappa shape index (κ1) is 43.5. The van der Waals surface area contributed by atoms with E-state index in [1.165, 1.54) is 64.2 Å². The molecule has 0 aromatic rings. The lowest BCUT2D eigenvalue weighted by molar-refractivity contribution is -0.0265. The Morgan fingerprint density at radius 3 is 0.705 bits per heavy atom. The number of hydrogen-bond acceptors (Lipinski definition) is 10. The molecule has 0 aliphatic carbocycles. The minimum atomic E-state index is -0.470. The smallest absolute Gasteiger partial charge is 0.113 e. The van der Waals surface area contributed by atoms with Gasteiger partial charge in [-0.2, -0.15) is 0 Å². The molecule has 0 aromatic carbocycles. The molecule has 0 aliphatic heterocycles. The highest BCUT2D eigenvalue weighted by molar-refractivity contribution is 4.48. The highest BCUT2D eigenvalue weighted by Gasteiger charge is 1.97. The van der Waals surface area contributed by atoms with E-state index in [4.69, 9.17) is 47.4 Å². The van der Waals surface area contributed by atoms with Crippen molar-refractivity contribution >= 4 is 0 Å². The molecule has 10 nitrogen and oxygen atoms in total. The van der Waals surface area contributed by atoms with Crippen molar-refractivity contribution in [1.82, 2.24) is 0 Å². The highest BCUT2D eigenvalue weighted by Crippen LogP contribution is 2.11. The summed E-state index contributed by atoms with van der Waals surface area (Å²) in [7, 11) is 0. The van der Waals surface area contributed by atoms with Gasteiger partial charge in [-0.25, -0.2) is 4.39 Å². The van der Waals surface area contributed by atoms with Crippen molar-refractivity contribution in [2.45, 2.75) is 77.6 Å². The summed E-state index contributed by atoms with van der Waals surface area (Å²) in [5, 5.41) is 0. The fourth-order valence-electron chi connectivity index (χ4n) is 4.00. The van der Waals surface area contributed by atoms with E-state index in [2.05, 4.69) is 6.92 Å². The van der Waals surface area contributed by atoms with Crippen molar-refractivity contribution in [3.63, 3.8) is 0 Å². The molecule has 0 fully saturated rings. The van der Waals surface area contributed by atoms with Gasteiger partial charge in [-0.3, -0.25) is 0 Å². The van der Waals surface area contributed by atoms with Gasteiger partial charge in [0.05, 0.1) is 126 Å². The fourth-order valence-corrected chi connectivity index (χ4v) is 4.00. The third kappa shape index (κ3) is 41.5. The summed E-state index contributed by atoms with van der Waals surface area (Å²) in [5.74, 6) is 0. The molecule has 0 aliphatic rings. The van der Waals surface area contributed by atoms with Crippen LogP contribution in [0.15, 0.2) is 0 Å². The van der Waals surface area contributed by atoms with Crippen LogP contribution in [0.5, 0.6) is 0 Å². The van der Waals surface area contributed by atoms with Crippen LogP contribution in [-0.2, 0) is 47.4 Å². The molecule has 0 aromatic heterocycles. The lowest BCUT2D eigenvalue weighted by Gasteiger charge is -2.09. The summed E-state index contributed by atoms with van der Waals surface area (Å²) in [6.45, 7) is 12.1. The van der Waals surface area contributed by atoms with Gasteiger partial charge in [0.25, 0.3) is 0 Å². The van der Waals surface area contributed by atoms with Gasteiger partial charge in [0, 0.05) is 6.61 Å². The average Bonchev–Trinajstić information content (AvgIpc) is 3.04. The van der Waals surface area contributed by atoms with Crippen LogP contribution >= 0.6 is 0 Å². The Kier molecular flexibility index (Phi) is 42.1. The molecule has 0 atom stereocenters. The van der Waals surface area contributed by atoms with E-state index < -0.39 is 6.67 Å². The van der Waals surface area contributed by atoms with Crippen LogP contribution < -0.4 is 0 Å². The Balaban J connectivity index is 3.03. The highest BCUT2D eigenvalue weighted by atomic mass is 19.1. The summed E-state index contributed by atoms with van der Waals surface area (Å²) in [4.78, 5) is 0. The summed E-state index contributed by atoms with van der Waals surface area (Å²) in [6, 6.07) is 0. The van der Waals surface area contributed by atoms with Crippen molar-refractivity contribution in [2.24, 2.45) is 0 Å². The molecule has 0 amide bonds. The van der Waals surface area contributed by atoms with Crippen LogP contribution in [0.1, 0.15) is 77.6 Å². The normalized spacial score (nSPS) is 11.6. The van der Waals surface area contributed by atoms with Gasteiger partial charge in [0.15, 0.2) is 0 Å². The molecular weight excluding hydrogens is 575 g/mol. The summed E-state index contributed by atoms with van der Waals surface area (Å²) in [6.07, 6.45) is 14.9. The topological polar surface area (TPSA) is 92.3 Å². The Morgan fingerprint density at radius 1 is 0.250 bits per heavy atom. The second kappa shape index (κ2) is 42.5. The Hall–Kier alpha value is -0.470. The third-order valence-electron chi connectivity index (χ3n) is 6.46. The molecule has 266 valence electrons. The lowest BCUT2D eigenvalue weighted by atomic mass is 10.1. The van der Waals surface area contributed by atoms with E-state index in [1.807, 2.05) is 0 Å². The number of rotatable bonds is 41. The van der Waals surface area contributed by atoms with Crippen LogP contribution in [0.25, 0.3) is 0 Å². The van der Waals surface area contributed by atoms with Gasteiger partial charge in [-0.1, -0.05) is 71.1 Å². The van der Waals surface area contributed by atoms with Crippen molar-refractivity contribution in [3.8, 4) is 0 Å². The fraction of sp³-hybridized carbons (Fsp3) is 1.00. The molecular formula is C33H67FO10. The van der Waals surface area contributed by atoms with Gasteiger partial charge in [0.2, 0.25) is 0 Å². The molecule has 0 N–H and O–H groups in total. The quantitative estimate of drug-likeness (QED) is 0.0804. The molecule has 0 rings (SSSR count). The monoisotopic (exact) mass is 642 g/mol. The second-order valence-corrected chi connectivity index (χ2v) is 10.3. The first-order valence-electron chi connectivity index (χ1n) is 17.2. The summed E-state index contributed by atoms with van der Waals surface area (Å²) in [5.41, 5.74) is 0. The number of unbranched alkanes of at least 4 members (excludes halogenated alkanes) is 10. The molecule has 0 saturated heterocycles. The van der Waals surface area contributed by atoms with Crippen LogP contribution in [0, 0.1) is 0 Å². The first-order valence-corrected chi connectivity index (χ1v) is 17.2. The number of alkyl halides is 1. The third-order valence-corrected chi connectivity index (χ3v) is 6.46. The predicted molar refractivity (Wildman–Crippen MR) is 171 cm³/mol. The Labute approximate surface area is 268 Å². The SMILES string of the molecule is CCCCCCCCCCCCCOCCOCCOCCOCCOCCOCCOCCOCCOCCOCCF. The van der Waals surface area contributed by atoms with Crippen LogP contribution in [0.3, 0.4) is 0 Å². The summed E-state index contributed by atoms with van der Waals surface area (Å²) < 4.78 is 66.0. The maximum Gasteiger partial charge on any atom is 0.113 e. The van der Waals surface area contributed by atoms with Crippen molar-refractivity contribution in [3.05, 3.63) is 0 Å². The first-order chi connectivity index (χ1) is 21.9. The standard InChI is InChI=1S/C33H67FO10/c1-2-3-4-5-6-7-8-9-10-11-12-14-35-16-18-37-20-22-39-24-26-41-28-30-43-32-33-44-31-29-42-27-25-40-23-21-38-19-17-36-15-13-34/h2-33H2,1H3. The minimum absolute atomic E-state index is 0.118. The zero-order chi connectivity index (χ0) is 31.7. The van der Waals surface area contributed by atoms with E-state index in [1.54, 1.807) is 0 Å². The van der Waals surface area contributed by atoms with Gasteiger partial charge < -0.3 is 47.4 Å². The van der Waals surface area contributed by atoms with Gasteiger partial charge >= 0.3 is 0 Å². The second-order valence-electron chi connectivity index (χ2n) is 10.3. The molecule has 0 spiro atoms. The van der Waals surface area contributed by atoms with E-state index >= 15 is 0 Å². The van der Waals surface area contributed by atoms with Gasteiger partial charge in [0.1, 0.15) is 6.67 Å². The van der Waals surface area contributed by atoms with Crippen molar-refractivity contribution in [2.75, 3.05) is 139 Å². The predicted octanol–water partition coefficient (Wildman–Crippen LogP) is 5.43. The van der Waals surface area contributed by atoms with Crippen molar-refractivity contribution < 1.29 is 51.8 Å². The van der Waals surface area contributed by atoms with E-state index in [0.717, 1.165) is 13.0 Å². The number of halogens is 1. The van der Waals surface area contributed by atoms with Crippen molar-refractivity contribution in [1.29, 1.82) is 0 Å². The van der Waals surface area contributed by atoms with Crippen LogP contribution in [0.4, 0.5) is 4.39 Å². The van der Waals surface area contributed by atoms with Crippen LogP contribution in [0.2, 0.25) is 0 Å². The Bertz CT molecular complexity index is 451. The lowest BCUT2D eigenvalue weighted by Crippen LogP contribution is -2.15. The molecule has 0 heterocycles. The maximum absolute atomic E-state index is 11.8. The van der Waals surface area contributed by atoms with Gasteiger partial charge in [-0.05, 0) is 6.42 Å². The largest absolute Gasteiger partial charge is 0.379 e. The van der Waals surface area contributed by atoms with E-state index in [-0.39, 0.29) is 6.61 Å². The average molecular weight is 643 g/mol. The Morgan fingerprint density at radius 2 is 0.455 bits per heavy atom.